The lowest BCUT2D eigenvalue weighted by Gasteiger charge is -2.36. The molecule has 1 fully saturated rings. The Morgan fingerprint density at radius 2 is 2.29 bits per heavy atom. The monoisotopic (exact) mass is 201 g/mol. The third kappa shape index (κ3) is 4.40. The summed E-state index contributed by atoms with van der Waals surface area (Å²) in [5, 5.41) is 3.36. The van der Waals surface area contributed by atoms with Crippen molar-refractivity contribution in [3.63, 3.8) is 0 Å². The van der Waals surface area contributed by atoms with Gasteiger partial charge in [-0.1, -0.05) is 13.3 Å². The molecule has 0 aromatic carbocycles. The fourth-order valence-corrected chi connectivity index (χ4v) is 1.62. The highest BCUT2D eigenvalue weighted by Gasteiger charge is 2.27. The number of nitrogens with one attached hydrogen (secondary N) is 1. The van der Waals surface area contributed by atoms with Crippen molar-refractivity contribution in [2.24, 2.45) is 0 Å². The molecule has 1 rings (SSSR count). The van der Waals surface area contributed by atoms with Crippen LogP contribution in [0, 0.1) is 0 Å². The lowest BCUT2D eigenvalue weighted by molar-refractivity contribution is -0.120. The Kier molecular flexibility index (Phi) is 4.85. The predicted molar refractivity (Wildman–Crippen MR) is 57.5 cm³/mol. The average molecular weight is 201 g/mol. The molecule has 0 saturated carbocycles. The zero-order chi connectivity index (χ0) is 10.4. The van der Waals surface area contributed by atoms with Crippen molar-refractivity contribution in [2.45, 2.75) is 45.3 Å². The molecule has 3 heteroatoms. The van der Waals surface area contributed by atoms with Gasteiger partial charge in [0.1, 0.15) is 0 Å². The van der Waals surface area contributed by atoms with Gasteiger partial charge < -0.3 is 14.8 Å². The number of unbranched alkanes of at least 4 members (excludes halogenated alkanes) is 1. The highest BCUT2D eigenvalue weighted by atomic mass is 16.5. The summed E-state index contributed by atoms with van der Waals surface area (Å²) in [5.41, 5.74) is -0.0446. The summed E-state index contributed by atoms with van der Waals surface area (Å²) >= 11 is 0. The molecule has 1 aliphatic rings. The van der Waals surface area contributed by atoms with E-state index in [1.807, 2.05) is 0 Å². The zero-order valence-electron chi connectivity index (χ0n) is 9.64. The minimum atomic E-state index is -0.0446. The Morgan fingerprint density at radius 1 is 1.50 bits per heavy atom. The van der Waals surface area contributed by atoms with Crippen LogP contribution in [0.4, 0.5) is 0 Å². The minimum absolute atomic E-state index is 0.0446. The van der Waals surface area contributed by atoms with Crippen LogP contribution in [-0.4, -0.2) is 38.0 Å². The van der Waals surface area contributed by atoms with Gasteiger partial charge in [0.05, 0.1) is 18.3 Å². The summed E-state index contributed by atoms with van der Waals surface area (Å²) in [6, 6.07) is 0. The first-order chi connectivity index (χ1) is 6.64. The molecule has 1 heterocycles. The van der Waals surface area contributed by atoms with Gasteiger partial charge in [-0.05, 0) is 20.3 Å². The van der Waals surface area contributed by atoms with E-state index in [4.69, 9.17) is 9.47 Å². The van der Waals surface area contributed by atoms with E-state index in [1.165, 1.54) is 6.42 Å². The molecule has 3 nitrogen and oxygen atoms in total. The summed E-state index contributed by atoms with van der Waals surface area (Å²) in [5.74, 6) is 0. The van der Waals surface area contributed by atoms with Crippen molar-refractivity contribution < 1.29 is 9.47 Å². The van der Waals surface area contributed by atoms with Gasteiger partial charge in [-0.2, -0.15) is 0 Å². The first kappa shape index (κ1) is 12.0. The average Bonchev–Trinajstić information content (AvgIpc) is 2.11. The third-order valence-electron chi connectivity index (χ3n) is 2.35. The van der Waals surface area contributed by atoms with Gasteiger partial charge in [0.25, 0.3) is 0 Å². The SMILES string of the molecule is CCCCOCC1CNCC(C)(C)O1. The molecule has 1 aliphatic heterocycles. The van der Waals surface area contributed by atoms with E-state index in [2.05, 4.69) is 26.1 Å². The fourth-order valence-electron chi connectivity index (χ4n) is 1.62. The first-order valence-electron chi connectivity index (χ1n) is 5.60. The lowest BCUT2D eigenvalue weighted by Crippen LogP contribution is -2.51. The molecular formula is C11H23NO2. The molecule has 1 N–H and O–H groups in total. The van der Waals surface area contributed by atoms with Gasteiger partial charge in [0.15, 0.2) is 0 Å². The van der Waals surface area contributed by atoms with E-state index in [-0.39, 0.29) is 11.7 Å². The normalized spacial score (nSPS) is 26.4. The minimum Gasteiger partial charge on any atom is -0.379 e. The lowest BCUT2D eigenvalue weighted by atomic mass is 10.1. The molecule has 84 valence electrons. The maximum atomic E-state index is 5.87. The maximum absolute atomic E-state index is 5.87. The van der Waals surface area contributed by atoms with Crippen molar-refractivity contribution in [1.82, 2.24) is 5.32 Å². The molecule has 14 heavy (non-hydrogen) atoms. The molecule has 0 aliphatic carbocycles. The topological polar surface area (TPSA) is 30.5 Å². The van der Waals surface area contributed by atoms with Gasteiger partial charge in [0, 0.05) is 19.7 Å². The van der Waals surface area contributed by atoms with E-state index in [9.17, 15) is 0 Å². The van der Waals surface area contributed by atoms with Crippen molar-refractivity contribution in [2.75, 3.05) is 26.3 Å². The first-order valence-corrected chi connectivity index (χ1v) is 5.60. The van der Waals surface area contributed by atoms with Gasteiger partial charge in [0.2, 0.25) is 0 Å². The molecule has 1 atom stereocenters. The Balaban J connectivity index is 2.12. The van der Waals surface area contributed by atoms with E-state index < -0.39 is 0 Å². The summed E-state index contributed by atoms with van der Waals surface area (Å²) < 4.78 is 11.4. The van der Waals surface area contributed by atoms with Crippen LogP contribution >= 0.6 is 0 Å². The summed E-state index contributed by atoms with van der Waals surface area (Å²) in [4.78, 5) is 0. The van der Waals surface area contributed by atoms with Crippen LogP contribution in [0.3, 0.4) is 0 Å². The number of morpholine rings is 1. The highest BCUT2D eigenvalue weighted by molar-refractivity contribution is 4.81. The number of rotatable bonds is 5. The Labute approximate surface area is 87.2 Å². The standard InChI is InChI=1S/C11H23NO2/c1-4-5-6-13-8-10-7-12-9-11(2,3)14-10/h10,12H,4-9H2,1-3H3. The molecule has 0 bridgehead atoms. The molecule has 0 aromatic rings. The molecule has 1 unspecified atom stereocenters. The molecule has 0 aromatic heterocycles. The van der Waals surface area contributed by atoms with Crippen molar-refractivity contribution in [3.05, 3.63) is 0 Å². The zero-order valence-corrected chi connectivity index (χ0v) is 9.64. The molecule has 0 spiro atoms. The molecule has 0 amide bonds. The van der Waals surface area contributed by atoms with Crippen LogP contribution in [0.15, 0.2) is 0 Å². The van der Waals surface area contributed by atoms with Gasteiger partial charge in [-0.3, -0.25) is 0 Å². The van der Waals surface area contributed by atoms with Crippen LogP contribution in [0.5, 0.6) is 0 Å². The van der Waals surface area contributed by atoms with Crippen LogP contribution < -0.4 is 5.32 Å². The Hall–Kier alpha value is -0.120. The summed E-state index contributed by atoms with van der Waals surface area (Å²) in [6.45, 7) is 9.81. The van der Waals surface area contributed by atoms with Gasteiger partial charge in [-0.25, -0.2) is 0 Å². The Bertz CT molecular complexity index is 159. The van der Waals surface area contributed by atoms with E-state index in [1.54, 1.807) is 0 Å². The van der Waals surface area contributed by atoms with Crippen molar-refractivity contribution in [3.8, 4) is 0 Å². The largest absolute Gasteiger partial charge is 0.379 e. The molecular weight excluding hydrogens is 178 g/mol. The summed E-state index contributed by atoms with van der Waals surface area (Å²) in [6.07, 6.45) is 2.55. The summed E-state index contributed by atoms with van der Waals surface area (Å²) in [7, 11) is 0. The van der Waals surface area contributed by atoms with E-state index >= 15 is 0 Å². The van der Waals surface area contributed by atoms with Crippen LogP contribution in [-0.2, 0) is 9.47 Å². The third-order valence-corrected chi connectivity index (χ3v) is 2.35. The second kappa shape index (κ2) is 5.69. The van der Waals surface area contributed by atoms with Crippen molar-refractivity contribution in [1.29, 1.82) is 0 Å². The maximum Gasteiger partial charge on any atom is 0.0940 e. The smallest absolute Gasteiger partial charge is 0.0940 e. The fraction of sp³-hybridized carbons (Fsp3) is 1.00. The van der Waals surface area contributed by atoms with Crippen LogP contribution in [0.2, 0.25) is 0 Å². The van der Waals surface area contributed by atoms with E-state index in [0.29, 0.717) is 0 Å². The van der Waals surface area contributed by atoms with E-state index in [0.717, 1.165) is 32.7 Å². The highest BCUT2D eigenvalue weighted by Crippen LogP contribution is 2.15. The number of hydrogen-bond donors (Lipinski definition) is 1. The van der Waals surface area contributed by atoms with Gasteiger partial charge in [-0.15, -0.1) is 0 Å². The Morgan fingerprint density at radius 3 is 2.93 bits per heavy atom. The van der Waals surface area contributed by atoms with Crippen LogP contribution in [0.1, 0.15) is 33.6 Å². The van der Waals surface area contributed by atoms with Crippen LogP contribution in [0.25, 0.3) is 0 Å². The molecule has 0 radical (unpaired) electrons. The second-order valence-electron chi connectivity index (χ2n) is 4.56. The number of ether oxygens (including phenoxy) is 2. The number of hydrogen-bond acceptors (Lipinski definition) is 3. The van der Waals surface area contributed by atoms with Gasteiger partial charge >= 0.3 is 0 Å². The second-order valence-corrected chi connectivity index (χ2v) is 4.56. The van der Waals surface area contributed by atoms with Crippen molar-refractivity contribution >= 4 is 0 Å². The predicted octanol–water partition coefficient (Wildman–Crippen LogP) is 1.57. The quantitative estimate of drug-likeness (QED) is 0.685. The molecule has 1 saturated heterocycles.